The van der Waals surface area contributed by atoms with Gasteiger partial charge in [0.25, 0.3) is 0 Å². The molecule has 0 aliphatic rings. The Bertz CT molecular complexity index is 513. The highest BCUT2D eigenvalue weighted by molar-refractivity contribution is 6.33. The van der Waals surface area contributed by atoms with E-state index in [0.29, 0.717) is 6.61 Å². The van der Waals surface area contributed by atoms with Crippen molar-refractivity contribution in [3.63, 3.8) is 0 Å². The van der Waals surface area contributed by atoms with E-state index in [9.17, 15) is 0 Å². The van der Waals surface area contributed by atoms with Crippen LogP contribution in [0.5, 0.6) is 5.75 Å². The van der Waals surface area contributed by atoms with Crippen LogP contribution in [0.1, 0.15) is 5.56 Å². The molecule has 0 aromatic heterocycles. The van der Waals surface area contributed by atoms with E-state index in [1.54, 1.807) is 0 Å². The first-order valence-corrected chi connectivity index (χ1v) is 6.31. The Morgan fingerprint density at radius 1 is 1.11 bits per heavy atom. The van der Waals surface area contributed by atoms with Gasteiger partial charge in [-0.05, 0) is 36.8 Å². The highest BCUT2D eigenvalue weighted by Crippen LogP contribution is 2.20. The summed E-state index contributed by atoms with van der Waals surface area (Å²) in [6, 6.07) is 15.7. The molecule has 0 unspecified atom stereocenters. The first kappa shape index (κ1) is 12.8. The molecule has 2 rings (SSSR count). The lowest BCUT2D eigenvalue weighted by atomic mass is 10.2. The van der Waals surface area contributed by atoms with E-state index in [-0.39, 0.29) is 0 Å². The Morgan fingerprint density at radius 2 is 1.94 bits per heavy atom. The molecule has 0 saturated carbocycles. The number of hydrogen-bond acceptors (Lipinski definition) is 2. The van der Waals surface area contributed by atoms with Crippen LogP contribution in [-0.4, -0.2) is 13.2 Å². The van der Waals surface area contributed by atoms with Crippen molar-refractivity contribution in [3.8, 4) is 5.75 Å². The van der Waals surface area contributed by atoms with Gasteiger partial charge >= 0.3 is 0 Å². The molecule has 0 bridgehead atoms. The molecule has 2 nitrogen and oxygen atoms in total. The predicted octanol–water partition coefficient (Wildman–Crippen LogP) is 4.14. The summed E-state index contributed by atoms with van der Waals surface area (Å²) in [7, 11) is 0. The summed E-state index contributed by atoms with van der Waals surface area (Å²) in [5.74, 6) is 0.899. The normalized spacial score (nSPS) is 10.1. The van der Waals surface area contributed by atoms with Crippen molar-refractivity contribution in [3.05, 3.63) is 59.1 Å². The molecule has 2 aromatic carbocycles. The fraction of sp³-hybridized carbons (Fsp3) is 0.200. The monoisotopic (exact) mass is 261 g/mol. The van der Waals surface area contributed by atoms with Crippen molar-refractivity contribution in [2.75, 3.05) is 18.5 Å². The number of halogens is 1. The van der Waals surface area contributed by atoms with Gasteiger partial charge in [-0.15, -0.1) is 0 Å². The second-order valence-corrected chi connectivity index (χ2v) is 4.48. The van der Waals surface area contributed by atoms with Crippen LogP contribution in [0.25, 0.3) is 0 Å². The summed E-state index contributed by atoms with van der Waals surface area (Å²) in [5, 5.41) is 3.97. The number of nitrogens with one attached hydrogen (secondary N) is 1. The Morgan fingerprint density at radius 3 is 2.72 bits per heavy atom. The second kappa shape index (κ2) is 6.31. The van der Waals surface area contributed by atoms with Crippen molar-refractivity contribution in [2.45, 2.75) is 6.92 Å². The smallest absolute Gasteiger partial charge is 0.119 e. The zero-order valence-corrected chi connectivity index (χ0v) is 11.1. The lowest BCUT2D eigenvalue weighted by Crippen LogP contribution is -2.11. The fourth-order valence-corrected chi connectivity index (χ4v) is 1.87. The van der Waals surface area contributed by atoms with E-state index < -0.39 is 0 Å². The van der Waals surface area contributed by atoms with E-state index in [1.165, 1.54) is 5.56 Å². The molecule has 2 aromatic rings. The van der Waals surface area contributed by atoms with Crippen molar-refractivity contribution < 1.29 is 4.74 Å². The molecule has 3 heteroatoms. The van der Waals surface area contributed by atoms with Crippen LogP contribution in [-0.2, 0) is 0 Å². The van der Waals surface area contributed by atoms with Crippen LogP contribution in [0.4, 0.5) is 5.69 Å². The highest BCUT2D eigenvalue weighted by atomic mass is 35.5. The lowest BCUT2D eigenvalue weighted by molar-refractivity contribution is 0.332. The van der Waals surface area contributed by atoms with Gasteiger partial charge in [-0.2, -0.15) is 0 Å². The Hall–Kier alpha value is -1.67. The van der Waals surface area contributed by atoms with Crippen molar-refractivity contribution >= 4 is 17.3 Å². The SMILES string of the molecule is Cc1cccc(OCCNc2ccccc2Cl)c1. The van der Waals surface area contributed by atoms with Gasteiger partial charge < -0.3 is 10.1 Å². The zero-order chi connectivity index (χ0) is 12.8. The van der Waals surface area contributed by atoms with Gasteiger partial charge in [-0.25, -0.2) is 0 Å². The second-order valence-electron chi connectivity index (χ2n) is 4.07. The maximum atomic E-state index is 6.04. The molecule has 18 heavy (non-hydrogen) atoms. The summed E-state index contributed by atoms with van der Waals surface area (Å²) in [4.78, 5) is 0. The number of ether oxygens (including phenoxy) is 1. The van der Waals surface area contributed by atoms with Crippen molar-refractivity contribution in [1.82, 2.24) is 0 Å². The van der Waals surface area contributed by atoms with Crippen molar-refractivity contribution in [2.24, 2.45) is 0 Å². The molecule has 94 valence electrons. The van der Waals surface area contributed by atoms with Crippen LogP contribution in [0.3, 0.4) is 0 Å². The molecule has 0 atom stereocenters. The largest absolute Gasteiger partial charge is 0.492 e. The summed E-state index contributed by atoms with van der Waals surface area (Å²) in [6.07, 6.45) is 0. The molecule has 0 radical (unpaired) electrons. The van der Waals surface area contributed by atoms with Crippen LogP contribution >= 0.6 is 11.6 Å². The number of aryl methyl sites for hydroxylation is 1. The minimum atomic E-state index is 0.606. The van der Waals surface area contributed by atoms with E-state index in [2.05, 4.69) is 18.3 Å². The first-order valence-electron chi connectivity index (χ1n) is 5.93. The predicted molar refractivity (Wildman–Crippen MR) is 76.6 cm³/mol. The first-order chi connectivity index (χ1) is 8.75. The summed E-state index contributed by atoms with van der Waals surface area (Å²) >= 11 is 6.04. The fourth-order valence-electron chi connectivity index (χ4n) is 1.66. The molecule has 0 amide bonds. The highest BCUT2D eigenvalue weighted by Gasteiger charge is 1.98. The summed E-state index contributed by atoms with van der Waals surface area (Å²) in [6.45, 7) is 3.38. The molecule has 0 aliphatic heterocycles. The summed E-state index contributed by atoms with van der Waals surface area (Å²) in [5.41, 5.74) is 2.14. The van der Waals surface area contributed by atoms with E-state index >= 15 is 0 Å². The van der Waals surface area contributed by atoms with Gasteiger partial charge in [-0.3, -0.25) is 0 Å². The number of para-hydroxylation sites is 1. The minimum Gasteiger partial charge on any atom is -0.492 e. The molecule has 0 spiro atoms. The van der Waals surface area contributed by atoms with E-state index in [0.717, 1.165) is 23.0 Å². The van der Waals surface area contributed by atoms with Crippen LogP contribution < -0.4 is 10.1 Å². The number of anilines is 1. The quantitative estimate of drug-likeness (QED) is 0.817. The molecule has 0 aliphatic carbocycles. The molecule has 1 N–H and O–H groups in total. The Kier molecular flexibility index (Phi) is 4.48. The molecular weight excluding hydrogens is 246 g/mol. The molecular formula is C15H16ClNO. The number of benzene rings is 2. The zero-order valence-electron chi connectivity index (χ0n) is 10.3. The third-order valence-corrected chi connectivity index (χ3v) is 2.88. The molecule has 0 heterocycles. The van der Waals surface area contributed by atoms with Crippen molar-refractivity contribution in [1.29, 1.82) is 0 Å². The van der Waals surface area contributed by atoms with E-state index in [4.69, 9.17) is 16.3 Å². The Balaban J connectivity index is 1.78. The van der Waals surface area contributed by atoms with Gasteiger partial charge in [0.15, 0.2) is 0 Å². The van der Waals surface area contributed by atoms with E-state index in [1.807, 2.05) is 42.5 Å². The molecule has 0 saturated heterocycles. The lowest BCUT2D eigenvalue weighted by Gasteiger charge is -2.10. The van der Waals surface area contributed by atoms with Crippen LogP contribution in [0.2, 0.25) is 5.02 Å². The number of rotatable bonds is 5. The topological polar surface area (TPSA) is 21.3 Å². The number of hydrogen-bond donors (Lipinski definition) is 1. The Labute approximate surface area is 113 Å². The maximum absolute atomic E-state index is 6.04. The minimum absolute atomic E-state index is 0.606. The third kappa shape index (κ3) is 3.67. The third-order valence-electron chi connectivity index (χ3n) is 2.55. The van der Waals surface area contributed by atoms with Crippen LogP contribution in [0, 0.1) is 6.92 Å². The average Bonchev–Trinajstić information content (AvgIpc) is 2.37. The van der Waals surface area contributed by atoms with Gasteiger partial charge in [0.1, 0.15) is 12.4 Å². The van der Waals surface area contributed by atoms with Gasteiger partial charge in [0.2, 0.25) is 0 Å². The average molecular weight is 262 g/mol. The maximum Gasteiger partial charge on any atom is 0.119 e. The van der Waals surface area contributed by atoms with Gasteiger partial charge in [0.05, 0.1) is 10.7 Å². The van der Waals surface area contributed by atoms with Gasteiger partial charge in [0, 0.05) is 6.54 Å². The van der Waals surface area contributed by atoms with Crippen LogP contribution in [0.15, 0.2) is 48.5 Å². The molecule has 0 fully saturated rings. The summed E-state index contributed by atoms with van der Waals surface area (Å²) < 4.78 is 5.64. The van der Waals surface area contributed by atoms with Gasteiger partial charge in [-0.1, -0.05) is 35.9 Å². The standard InChI is InChI=1S/C15H16ClNO/c1-12-5-4-6-13(11-12)18-10-9-17-15-8-3-2-7-14(15)16/h2-8,11,17H,9-10H2,1H3.